The number of amides is 3. The highest BCUT2D eigenvalue weighted by molar-refractivity contribution is 5.92. The van der Waals surface area contributed by atoms with Gasteiger partial charge in [0, 0.05) is 30.5 Å². The first-order valence-corrected chi connectivity index (χ1v) is 6.58. The van der Waals surface area contributed by atoms with Crippen molar-refractivity contribution in [2.24, 2.45) is 0 Å². The molecule has 3 amide bonds. The van der Waals surface area contributed by atoms with Crippen molar-refractivity contribution in [1.82, 2.24) is 20.6 Å². The molecule has 0 saturated carbocycles. The van der Waals surface area contributed by atoms with E-state index in [2.05, 4.69) is 25.9 Å². The maximum atomic E-state index is 11.6. The number of carbonyl (C=O) groups excluding carboxylic acids is 2. The number of hydrogen-bond donors (Lipinski definition) is 4. The largest absolute Gasteiger partial charge is 0.354 e. The summed E-state index contributed by atoms with van der Waals surface area (Å²) in [4.78, 5) is 29.9. The van der Waals surface area contributed by atoms with Crippen molar-refractivity contribution < 1.29 is 9.59 Å². The van der Waals surface area contributed by atoms with Crippen LogP contribution in [0, 0.1) is 0 Å². The van der Waals surface area contributed by atoms with Crippen LogP contribution in [0.4, 0.5) is 10.5 Å². The zero-order valence-corrected chi connectivity index (χ0v) is 11.4. The number of nitrogens with zero attached hydrogens (tertiary/aromatic N) is 1. The number of nitrogens with one attached hydrogen (secondary N) is 4. The second kappa shape index (κ2) is 7.68. The molecule has 0 aliphatic rings. The molecule has 0 aliphatic heterocycles. The third-order valence-corrected chi connectivity index (χ3v) is 2.71. The van der Waals surface area contributed by atoms with Crippen molar-refractivity contribution >= 4 is 17.6 Å². The molecular weight excluding hydrogens is 270 g/mol. The van der Waals surface area contributed by atoms with Crippen molar-refractivity contribution in [3.63, 3.8) is 0 Å². The molecule has 7 nitrogen and oxygen atoms in total. The minimum atomic E-state index is -0.412. The topological polar surface area (TPSA) is 98.9 Å². The SMILES string of the molecule is O=C(CNC(=O)Nc1ccccc1)NCCc1cnc[nH]1. The lowest BCUT2D eigenvalue weighted by Gasteiger charge is -2.08. The van der Waals surface area contributed by atoms with Gasteiger partial charge in [-0.1, -0.05) is 18.2 Å². The first-order valence-electron chi connectivity index (χ1n) is 6.58. The Hall–Kier alpha value is -2.83. The van der Waals surface area contributed by atoms with Gasteiger partial charge in [-0.25, -0.2) is 9.78 Å². The summed E-state index contributed by atoms with van der Waals surface area (Å²) in [5.74, 6) is -0.238. The van der Waals surface area contributed by atoms with E-state index in [1.54, 1.807) is 24.7 Å². The second-order valence-electron chi connectivity index (χ2n) is 4.35. The molecule has 7 heteroatoms. The predicted octanol–water partition coefficient (Wildman–Crippen LogP) is 0.890. The number of aromatic nitrogens is 2. The first-order chi connectivity index (χ1) is 10.2. The monoisotopic (exact) mass is 287 g/mol. The molecule has 1 aromatic carbocycles. The van der Waals surface area contributed by atoms with Gasteiger partial charge in [0.05, 0.1) is 12.9 Å². The lowest BCUT2D eigenvalue weighted by Crippen LogP contribution is -2.39. The molecule has 2 rings (SSSR count). The Balaban J connectivity index is 1.61. The number of urea groups is 1. The van der Waals surface area contributed by atoms with Crippen molar-refractivity contribution in [2.45, 2.75) is 6.42 Å². The fourth-order valence-electron chi connectivity index (χ4n) is 1.68. The van der Waals surface area contributed by atoms with E-state index in [0.717, 1.165) is 5.69 Å². The van der Waals surface area contributed by atoms with E-state index in [1.807, 2.05) is 18.2 Å². The van der Waals surface area contributed by atoms with Crippen molar-refractivity contribution in [3.05, 3.63) is 48.5 Å². The number of H-pyrrole nitrogens is 1. The van der Waals surface area contributed by atoms with Gasteiger partial charge in [0.1, 0.15) is 0 Å². The lowest BCUT2D eigenvalue weighted by atomic mass is 10.3. The molecule has 0 radical (unpaired) electrons. The molecule has 21 heavy (non-hydrogen) atoms. The van der Waals surface area contributed by atoms with Crippen LogP contribution >= 0.6 is 0 Å². The Morgan fingerprint density at radius 2 is 1.95 bits per heavy atom. The molecule has 1 aromatic heterocycles. The maximum absolute atomic E-state index is 11.6. The minimum Gasteiger partial charge on any atom is -0.354 e. The van der Waals surface area contributed by atoms with E-state index in [-0.39, 0.29) is 12.5 Å². The third-order valence-electron chi connectivity index (χ3n) is 2.71. The fourth-order valence-corrected chi connectivity index (χ4v) is 1.68. The summed E-state index contributed by atoms with van der Waals surface area (Å²) in [6.07, 6.45) is 3.96. The number of anilines is 1. The van der Waals surface area contributed by atoms with Gasteiger partial charge in [-0.3, -0.25) is 4.79 Å². The van der Waals surface area contributed by atoms with E-state index in [9.17, 15) is 9.59 Å². The fraction of sp³-hybridized carbons (Fsp3) is 0.214. The van der Waals surface area contributed by atoms with E-state index >= 15 is 0 Å². The second-order valence-corrected chi connectivity index (χ2v) is 4.35. The Morgan fingerprint density at radius 1 is 1.14 bits per heavy atom. The van der Waals surface area contributed by atoms with Gasteiger partial charge in [0.2, 0.25) is 5.91 Å². The van der Waals surface area contributed by atoms with Crippen LogP contribution < -0.4 is 16.0 Å². The van der Waals surface area contributed by atoms with Crippen molar-refractivity contribution in [1.29, 1.82) is 0 Å². The summed E-state index contributed by atoms with van der Waals surface area (Å²) in [5, 5.41) is 7.84. The summed E-state index contributed by atoms with van der Waals surface area (Å²) >= 11 is 0. The molecule has 4 N–H and O–H groups in total. The van der Waals surface area contributed by atoms with Crippen LogP contribution in [0.1, 0.15) is 5.69 Å². The van der Waals surface area contributed by atoms with Gasteiger partial charge in [0.25, 0.3) is 0 Å². The first kappa shape index (κ1) is 14.6. The summed E-state index contributed by atoms with van der Waals surface area (Å²) in [7, 11) is 0. The van der Waals surface area contributed by atoms with Crippen molar-refractivity contribution in [2.75, 3.05) is 18.4 Å². The summed E-state index contributed by atoms with van der Waals surface area (Å²) in [6, 6.07) is 8.62. The highest BCUT2D eigenvalue weighted by Gasteiger charge is 2.05. The third kappa shape index (κ3) is 5.35. The van der Waals surface area contributed by atoms with Gasteiger partial charge in [-0.05, 0) is 12.1 Å². The highest BCUT2D eigenvalue weighted by Crippen LogP contribution is 2.03. The van der Waals surface area contributed by atoms with Gasteiger partial charge in [-0.2, -0.15) is 0 Å². The number of carbonyl (C=O) groups is 2. The Morgan fingerprint density at radius 3 is 2.67 bits per heavy atom. The molecule has 0 atom stereocenters. The number of aromatic amines is 1. The maximum Gasteiger partial charge on any atom is 0.319 e. The molecule has 0 bridgehead atoms. The number of para-hydroxylation sites is 1. The van der Waals surface area contributed by atoms with Gasteiger partial charge < -0.3 is 20.9 Å². The van der Waals surface area contributed by atoms with Gasteiger partial charge >= 0.3 is 6.03 Å². The van der Waals surface area contributed by atoms with Crippen LogP contribution in [0.3, 0.4) is 0 Å². The predicted molar refractivity (Wildman–Crippen MR) is 78.8 cm³/mol. The molecule has 0 aliphatic carbocycles. The Labute approximate surface area is 122 Å². The zero-order chi connectivity index (χ0) is 14.9. The van der Waals surface area contributed by atoms with Gasteiger partial charge in [0.15, 0.2) is 0 Å². The molecule has 0 spiro atoms. The normalized spacial score (nSPS) is 9.90. The van der Waals surface area contributed by atoms with Gasteiger partial charge in [-0.15, -0.1) is 0 Å². The summed E-state index contributed by atoms with van der Waals surface area (Å²) in [5.41, 5.74) is 1.62. The van der Waals surface area contributed by atoms with Crippen LogP contribution in [-0.4, -0.2) is 35.0 Å². The average Bonchev–Trinajstić information content (AvgIpc) is 2.99. The molecule has 0 unspecified atom stereocenters. The smallest absolute Gasteiger partial charge is 0.319 e. The number of rotatable bonds is 6. The van der Waals surface area contributed by atoms with E-state index in [0.29, 0.717) is 18.7 Å². The lowest BCUT2D eigenvalue weighted by molar-refractivity contribution is -0.120. The molecule has 0 saturated heterocycles. The van der Waals surface area contributed by atoms with Crippen molar-refractivity contribution in [3.8, 4) is 0 Å². The van der Waals surface area contributed by atoms with Crippen LogP contribution in [0.25, 0.3) is 0 Å². The molecule has 1 heterocycles. The van der Waals surface area contributed by atoms with E-state index in [1.165, 1.54) is 0 Å². The zero-order valence-electron chi connectivity index (χ0n) is 11.4. The summed E-state index contributed by atoms with van der Waals surface area (Å²) in [6.45, 7) is 0.421. The van der Waals surface area contributed by atoms with E-state index < -0.39 is 6.03 Å². The summed E-state index contributed by atoms with van der Waals surface area (Å²) < 4.78 is 0. The van der Waals surface area contributed by atoms with Crippen LogP contribution in [0.5, 0.6) is 0 Å². The molecule has 110 valence electrons. The number of hydrogen-bond acceptors (Lipinski definition) is 3. The standard InChI is InChI=1S/C14H17N5O2/c20-13(16-7-6-12-8-15-10-18-12)9-17-14(21)19-11-4-2-1-3-5-11/h1-5,8,10H,6-7,9H2,(H,15,18)(H,16,20)(H2,17,19,21). The Kier molecular flexibility index (Phi) is 5.33. The Bertz CT molecular complexity index is 568. The molecule has 2 aromatic rings. The highest BCUT2D eigenvalue weighted by atomic mass is 16.2. The quantitative estimate of drug-likeness (QED) is 0.635. The molecule has 0 fully saturated rings. The van der Waals surface area contributed by atoms with Crippen LogP contribution in [-0.2, 0) is 11.2 Å². The van der Waals surface area contributed by atoms with Crippen LogP contribution in [0.15, 0.2) is 42.9 Å². The minimum absolute atomic E-state index is 0.0678. The van der Waals surface area contributed by atoms with Crippen LogP contribution in [0.2, 0.25) is 0 Å². The van der Waals surface area contributed by atoms with E-state index in [4.69, 9.17) is 0 Å². The number of imidazole rings is 1. The average molecular weight is 287 g/mol. The molecular formula is C14H17N5O2. The number of benzene rings is 1.